The number of hydrogen-bond donors (Lipinski definition) is 0. The van der Waals surface area contributed by atoms with Crippen molar-refractivity contribution in [2.24, 2.45) is 0 Å². The first kappa shape index (κ1) is 21.7. The Bertz CT molecular complexity index is 1300. The van der Waals surface area contributed by atoms with E-state index in [4.69, 9.17) is 4.74 Å². The smallest absolute Gasteiger partial charge is 0.271 e. The molecule has 1 aliphatic heterocycles. The summed E-state index contributed by atoms with van der Waals surface area (Å²) in [6, 6.07) is 15.3. The molecule has 4 rings (SSSR count). The molecular formula is C22H18N2O6S2. The summed E-state index contributed by atoms with van der Waals surface area (Å²) in [5, 5.41) is 11.6. The zero-order chi connectivity index (χ0) is 22.9. The van der Waals surface area contributed by atoms with Crippen LogP contribution in [0.1, 0.15) is 22.7 Å². The molecule has 0 bridgehead atoms. The first-order chi connectivity index (χ1) is 15.3. The van der Waals surface area contributed by atoms with Crippen LogP contribution in [0.5, 0.6) is 5.75 Å². The van der Waals surface area contributed by atoms with Crippen molar-refractivity contribution in [1.82, 2.24) is 0 Å². The maximum absolute atomic E-state index is 13.5. The van der Waals surface area contributed by atoms with Gasteiger partial charge in [0.15, 0.2) is 5.37 Å². The molecule has 164 valence electrons. The molecule has 2 aromatic carbocycles. The Labute approximate surface area is 188 Å². The van der Waals surface area contributed by atoms with Gasteiger partial charge in [-0.1, -0.05) is 18.2 Å². The fourth-order valence-electron chi connectivity index (χ4n) is 3.49. The van der Waals surface area contributed by atoms with Crippen molar-refractivity contribution < 1.29 is 22.9 Å². The second kappa shape index (κ2) is 8.56. The van der Waals surface area contributed by atoms with Gasteiger partial charge in [0.05, 0.1) is 11.5 Å². The van der Waals surface area contributed by atoms with Gasteiger partial charge in [-0.05, 0) is 54.3 Å². The number of nitro benzene ring substituents is 1. The second-order valence-electron chi connectivity index (χ2n) is 6.88. The van der Waals surface area contributed by atoms with E-state index in [9.17, 15) is 23.3 Å². The van der Waals surface area contributed by atoms with Gasteiger partial charge < -0.3 is 4.74 Å². The van der Waals surface area contributed by atoms with Crippen molar-refractivity contribution >= 4 is 44.5 Å². The number of benzene rings is 2. The molecule has 3 aromatic rings. The predicted octanol–water partition coefficient (Wildman–Crippen LogP) is 4.56. The number of hydrogen-bond acceptors (Lipinski definition) is 7. The highest BCUT2D eigenvalue weighted by molar-refractivity contribution is 7.97. The number of non-ortho nitro benzene ring substituents is 1. The fraction of sp³-hybridized carbons (Fsp3) is 0.136. The third kappa shape index (κ3) is 3.90. The molecule has 32 heavy (non-hydrogen) atoms. The number of amides is 1. The molecule has 1 unspecified atom stereocenters. The van der Waals surface area contributed by atoms with E-state index >= 15 is 0 Å². The highest BCUT2D eigenvalue weighted by atomic mass is 32.2. The van der Waals surface area contributed by atoms with Gasteiger partial charge in [-0.25, -0.2) is 8.42 Å². The summed E-state index contributed by atoms with van der Waals surface area (Å²) in [5.41, 5.74) is 0.219. The Morgan fingerprint density at radius 3 is 2.53 bits per heavy atom. The number of sulfone groups is 1. The topological polar surface area (TPSA) is 107 Å². The maximum Gasteiger partial charge on any atom is 0.271 e. The van der Waals surface area contributed by atoms with Gasteiger partial charge in [-0.2, -0.15) is 0 Å². The standard InChI is InChI=1S/C22H18N2O6S2/c1-2-30-18-10-8-16(9-11-18)23-21(25)20(14-19-7-4-12-31-19)32(28,29)22(23)15-5-3-6-17(13-15)24(26)27/h3-14,22H,2H2,1H3/b20-14+. The van der Waals surface area contributed by atoms with E-state index in [0.717, 1.165) is 4.90 Å². The van der Waals surface area contributed by atoms with Crippen molar-refractivity contribution in [2.45, 2.75) is 12.3 Å². The van der Waals surface area contributed by atoms with E-state index < -0.39 is 26.0 Å². The van der Waals surface area contributed by atoms with Gasteiger partial charge >= 0.3 is 0 Å². The van der Waals surface area contributed by atoms with Gasteiger partial charge in [0, 0.05) is 22.7 Å². The van der Waals surface area contributed by atoms with E-state index in [0.29, 0.717) is 22.9 Å². The molecule has 1 aromatic heterocycles. The van der Waals surface area contributed by atoms with Crippen LogP contribution in [-0.4, -0.2) is 25.9 Å². The molecule has 2 heterocycles. The van der Waals surface area contributed by atoms with Crippen LogP contribution in [0.4, 0.5) is 11.4 Å². The number of carbonyl (C=O) groups is 1. The number of anilines is 1. The van der Waals surface area contributed by atoms with Crippen LogP contribution in [0.15, 0.2) is 70.9 Å². The minimum atomic E-state index is -4.18. The first-order valence-corrected chi connectivity index (χ1v) is 12.1. The van der Waals surface area contributed by atoms with Crippen LogP contribution in [-0.2, 0) is 14.6 Å². The minimum absolute atomic E-state index is 0.135. The number of thiophene rings is 1. The van der Waals surface area contributed by atoms with E-state index in [2.05, 4.69) is 0 Å². The van der Waals surface area contributed by atoms with Crippen LogP contribution in [0, 0.1) is 10.1 Å². The summed E-state index contributed by atoms with van der Waals surface area (Å²) in [4.78, 5) is 25.5. The molecule has 0 aliphatic carbocycles. The zero-order valence-electron chi connectivity index (χ0n) is 16.9. The first-order valence-electron chi connectivity index (χ1n) is 9.63. The van der Waals surface area contributed by atoms with Crippen molar-refractivity contribution in [3.05, 3.63) is 91.5 Å². The van der Waals surface area contributed by atoms with Crippen molar-refractivity contribution in [1.29, 1.82) is 0 Å². The highest BCUT2D eigenvalue weighted by Gasteiger charge is 2.50. The molecule has 1 fully saturated rings. The molecule has 1 saturated heterocycles. The highest BCUT2D eigenvalue weighted by Crippen LogP contribution is 2.44. The van der Waals surface area contributed by atoms with Crippen molar-refractivity contribution in [3.8, 4) is 5.75 Å². The normalized spacial score (nSPS) is 18.8. The summed E-state index contributed by atoms with van der Waals surface area (Å²) < 4.78 is 32.5. The van der Waals surface area contributed by atoms with Crippen LogP contribution in [0.3, 0.4) is 0 Å². The van der Waals surface area contributed by atoms with Crippen molar-refractivity contribution in [2.75, 3.05) is 11.5 Å². The average Bonchev–Trinajstić information content (AvgIpc) is 3.35. The summed E-state index contributed by atoms with van der Waals surface area (Å²) in [7, 11) is -4.18. The Balaban J connectivity index is 1.89. The van der Waals surface area contributed by atoms with E-state index in [1.165, 1.54) is 41.7 Å². The van der Waals surface area contributed by atoms with Crippen LogP contribution < -0.4 is 9.64 Å². The third-order valence-electron chi connectivity index (χ3n) is 4.87. The Kier molecular flexibility index (Phi) is 5.81. The summed E-state index contributed by atoms with van der Waals surface area (Å²) in [5.74, 6) is -0.119. The van der Waals surface area contributed by atoms with Crippen molar-refractivity contribution in [3.63, 3.8) is 0 Å². The van der Waals surface area contributed by atoms with Crippen LogP contribution in [0.2, 0.25) is 0 Å². The molecule has 1 amide bonds. The lowest BCUT2D eigenvalue weighted by Crippen LogP contribution is -2.29. The average molecular weight is 471 g/mol. The Hall–Kier alpha value is -3.50. The second-order valence-corrected chi connectivity index (χ2v) is 9.83. The van der Waals surface area contributed by atoms with Gasteiger partial charge in [0.2, 0.25) is 9.84 Å². The summed E-state index contributed by atoms with van der Waals surface area (Å²) in [6.45, 7) is 2.30. The fourth-order valence-corrected chi connectivity index (χ4v) is 6.10. The van der Waals surface area contributed by atoms with Gasteiger partial charge in [-0.3, -0.25) is 19.8 Å². The zero-order valence-corrected chi connectivity index (χ0v) is 18.5. The lowest BCUT2D eigenvalue weighted by atomic mass is 10.1. The molecule has 1 aliphatic rings. The van der Waals surface area contributed by atoms with E-state index in [-0.39, 0.29) is 16.2 Å². The SMILES string of the molecule is CCOc1ccc(N2C(=O)/C(=C\c3cccs3)S(=O)(=O)C2c2cccc([N+](=O)[O-])c2)cc1. The monoisotopic (exact) mass is 470 g/mol. The predicted molar refractivity (Wildman–Crippen MR) is 122 cm³/mol. The lowest BCUT2D eigenvalue weighted by Gasteiger charge is -2.23. The number of nitro groups is 1. The Morgan fingerprint density at radius 2 is 1.91 bits per heavy atom. The van der Waals surface area contributed by atoms with Gasteiger partial charge in [0.1, 0.15) is 10.7 Å². The molecule has 10 heteroatoms. The number of rotatable bonds is 6. The largest absolute Gasteiger partial charge is 0.494 e. The van der Waals surface area contributed by atoms with E-state index in [1.54, 1.807) is 41.8 Å². The molecule has 0 radical (unpaired) electrons. The molecule has 1 atom stereocenters. The maximum atomic E-state index is 13.5. The van der Waals surface area contributed by atoms with Crippen LogP contribution >= 0.6 is 11.3 Å². The molecule has 0 spiro atoms. The third-order valence-corrected chi connectivity index (χ3v) is 7.67. The molecule has 8 nitrogen and oxygen atoms in total. The van der Waals surface area contributed by atoms with Gasteiger partial charge in [0.25, 0.3) is 11.6 Å². The lowest BCUT2D eigenvalue weighted by molar-refractivity contribution is -0.384. The minimum Gasteiger partial charge on any atom is -0.494 e. The Morgan fingerprint density at radius 1 is 1.16 bits per heavy atom. The molecule has 0 saturated carbocycles. The number of carbonyl (C=O) groups excluding carboxylic acids is 1. The molecular weight excluding hydrogens is 452 g/mol. The number of nitrogens with zero attached hydrogens (tertiary/aromatic N) is 2. The molecule has 0 N–H and O–H groups in total. The summed E-state index contributed by atoms with van der Waals surface area (Å²) >= 11 is 1.30. The van der Waals surface area contributed by atoms with E-state index in [1.807, 2.05) is 6.92 Å². The summed E-state index contributed by atoms with van der Waals surface area (Å²) in [6.07, 6.45) is 1.35. The van der Waals surface area contributed by atoms with Gasteiger partial charge in [-0.15, -0.1) is 11.3 Å². The van der Waals surface area contributed by atoms with Crippen LogP contribution in [0.25, 0.3) is 6.08 Å². The number of ether oxygens (including phenoxy) is 1. The quantitative estimate of drug-likeness (QED) is 0.297.